The Morgan fingerprint density at radius 2 is 2.00 bits per heavy atom. The van der Waals surface area contributed by atoms with E-state index < -0.39 is 6.10 Å². The molecule has 106 valence electrons. The Bertz CT molecular complexity index is 390. The van der Waals surface area contributed by atoms with Gasteiger partial charge >= 0.3 is 0 Å². The van der Waals surface area contributed by atoms with E-state index >= 15 is 0 Å². The third kappa shape index (κ3) is 6.36. The molecule has 0 spiro atoms. The summed E-state index contributed by atoms with van der Waals surface area (Å²) < 4.78 is 0. The number of rotatable bonds is 7. The SMILES string of the molecule is CC(=O)NCCCN(C)CC(O)c1ccc(C)cc1. The van der Waals surface area contributed by atoms with Gasteiger partial charge in [-0.25, -0.2) is 0 Å². The van der Waals surface area contributed by atoms with Crippen LogP contribution in [0.15, 0.2) is 24.3 Å². The van der Waals surface area contributed by atoms with Crippen LogP contribution in [0.1, 0.15) is 30.6 Å². The highest BCUT2D eigenvalue weighted by Gasteiger charge is 2.10. The first kappa shape index (κ1) is 15.7. The van der Waals surface area contributed by atoms with Crippen molar-refractivity contribution in [2.45, 2.75) is 26.4 Å². The second-order valence-corrected chi connectivity index (χ2v) is 5.03. The summed E-state index contributed by atoms with van der Waals surface area (Å²) in [6.07, 6.45) is 0.419. The lowest BCUT2D eigenvalue weighted by atomic mass is 10.1. The number of aliphatic hydroxyl groups is 1. The van der Waals surface area contributed by atoms with Crippen molar-refractivity contribution in [3.05, 3.63) is 35.4 Å². The molecule has 4 nitrogen and oxygen atoms in total. The fraction of sp³-hybridized carbons (Fsp3) is 0.533. The summed E-state index contributed by atoms with van der Waals surface area (Å²) in [6.45, 7) is 5.68. The Morgan fingerprint density at radius 1 is 1.37 bits per heavy atom. The number of benzene rings is 1. The molecule has 1 aromatic carbocycles. The zero-order valence-corrected chi connectivity index (χ0v) is 12.0. The first-order valence-corrected chi connectivity index (χ1v) is 6.66. The molecule has 0 bridgehead atoms. The van der Waals surface area contributed by atoms with Crippen molar-refractivity contribution >= 4 is 5.91 Å². The fourth-order valence-electron chi connectivity index (χ4n) is 1.89. The number of likely N-dealkylation sites (N-methyl/N-ethyl adjacent to an activating group) is 1. The maximum absolute atomic E-state index is 10.7. The van der Waals surface area contributed by atoms with E-state index in [0.717, 1.165) is 18.5 Å². The average molecular weight is 264 g/mol. The van der Waals surface area contributed by atoms with Gasteiger partial charge in [-0.1, -0.05) is 29.8 Å². The molecule has 2 N–H and O–H groups in total. The van der Waals surface area contributed by atoms with Crippen LogP contribution in [0.3, 0.4) is 0 Å². The van der Waals surface area contributed by atoms with Crippen LogP contribution in [0, 0.1) is 6.92 Å². The molecule has 0 heterocycles. The molecule has 0 aliphatic rings. The van der Waals surface area contributed by atoms with Crippen LogP contribution in [-0.4, -0.2) is 42.6 Å². The summed E-state index contributed by atoms with van der Waals surface area (Å²) in [6, 6.07) is 7.95. The van der Waals surface area contributed by atoms with Crippen LogP contribution in [0.25, 0.3) is 0 Å². The van der Waals surface area contributed by atoms with E-state index in [4.69, 9.17) is 0 Å². The Hall–Kier alpha value is -1.39. The van der Waals surface area contributed by atoms with Crippen molar-refractivity contribution in [1.29, 1.82) is 0 Å². The van der Waals surface area contributed by atoms with Gasteiger partial charge in [0.15, 0.2) is 0 Å². The van der Waals surface area contributed by atoms with Gasteiger partial charge in [-0.3, -0.25) is 4.79 Å². The molecule has 1 unspecified atom stereocenters. The largest absolute Gasteiger partial charge is 0.387 e. The van der Waals surface area contributed by atoms with Crippen molar-refractivity contribution in [1.82, 2.24) is 10.2 Å². The van der Waals surface area contributed by atoms with Crippen molar-refractivity contribution in [2.24, 2.45) is 0 Å². The van der Waals surface area contributed by atoms with Crippen LogP contribution in [0.5, 0.6) is 0 Å². The summed E-state index contributed by atoms with van der Waals surface area (Å²) in [7, 11) is 1.98. The van der Waals surface area contributed by atoms with Gasteiger partial charge in [-0.2, -0.15) is 0 Å². The third-order valence-electron chi connectivity index (χ3n) is 3.04. The molecular weight excluding hydrogens is 240 g/mol. The zero-order valence-electron chi connectivity index (χ0n) is 12.0. The van der Waals surface area contributed by atoms with Crippen LogP contribution < -0.4 is 5.32 Å². The molecule has 4 heteroatoms. The standard InChI is InChI=1S/C15H24N2O2/c1-12-5-7-14(8-6-12)15(19)11-17(3)10-4-9-16-13(2)18/h5-8,15,19H,4,9-11H2,1-3H3,(H,16,18). The highest BCUT2D eigenvalue weighted by atomic mass is 16.3. The molecule has 1 amide bonds. The van der Waals surface area contributed by atoms with Crippen LogP contribution in [0.4, 0.5) is 0 Å². The molecule has 0 aliphatic carbocycles. The second-order valence-electron chi connectivity index (χ2n) is 5.03. The number of hydrogen-bond donors (Lipinski definition) is 2. The lowest BCUT2D eigenvalue weighted by molar-refractivity contribution is -0.118. The number of nitrogens with one attached hydrogen (secondary N) is 1. The predicted molar refractivity (Wildman–Crippen MR) is 76.9 cm³/mol. The number of aryl methyl sites for hydroxylation is 1. The summed E-state index contributed by atoms with van der Waals surface area (Å²) in [5, 5.41) is 12.9. The van der Waals surface area contributed by atoms with Crippen LogP contribution in [-0.2, 0) is 4.79 Å². The number of amides is 1. The van der Waals surface area contributed by atoms with Gasteiger partial charge in [0.25, 0.3) is 0 Å². The minimum atomic E-state index is -0.466. The quantitative estimate of drug-likeness (QED) is 0.734. The second kappa shape index (κ2) is 7.92. The molecule has 0 radical (unpaired) electrons. The summed E-state index contributed by atoms with van der Waals surface area (Å²) in [5.74, 6) is 0.00217. The fourth-order valence-corrected chi connectivity index (χ4v) is 1.89. The summed E-state index contributed by atoms with van der Waals surface area (Å²) >= 11 is 0. The van der Waals surface area contributed by atoms with Gasteiger partial charge in [0.05, 0.1) is 6.10 Å². The zero-order chi connectivity index (χ0) is 14.3. The van der Waals surface area contributed by atoms with E-state index in [1.807, 2.05) is 38.2 Å². The first-order valence-electron chi connectivity index (χ1n) is 6.66. The lowest BCUT2D eigenvalue weighted by Gasteiger charge is -2.20. The van der Waals surface area contributed by atoms with Gasteiger partial charge in [-0.05, 0) is 32.5 Å². The van der Waals surface area contributed by atoms with Crippen molar-refractivity contribution < 1.29 is 9.90 Å². The Balaban J connectivity index is 2.29. The molecule has 1 rings (SSSR count). The Morgan fingerprint density at radius 3 is 2.58 bits per heavy atom. The number of carbonyl (C=O) groups excluding carboxylic acids is 1. The average Bonchev–Trinajstić information content (AvgIpc) is 2.35. The number of nitrogens with zero attached hydrogens (tertiary/aromatic N) is 1. The third-order valence-corrected chi connectivity index (χ3v) is 3.04. The molecule has 19 heavy (non-hydrogen) atoms. The Kier molecular flexibility index (Phi) is 6.53. The maximum Gasteiger partial charge on any atom is 0.216 e. The van der Waals surface area contributed by atoms with Gasteiger partial charge in [0, 0.05) is 20.0 Å². The molecule has 0 aromatic heterocycles. The van der Waals surface area contributed by atoms with Crippen molar-refractivity contribution in [3.8, 4) is 0 Å². The molecule has 0 saturated carbocycles. The monoisotopic (exact) mass is 264 g/mol. The number of carbonyl (C=O) groups is 1. The van der Waals surface area contributed by atoms with E-state index in [1.54, 1.807) is 0 Å². The van der Waals surface area contributed by atoms with Gasteiger partial charge < -0.3 is 15.3 Å². The topological polar surface area (TPSA) is 52.6 Å². The van der Waals surface area contributed by atoms with Crippen LogP contribution >= 0.6 is 0 Å². The summed E-state index contributed by atoms with van der Waals surface area (Å²) in [4.78, 5) is 12.8. The number of aliphatic hydroxyl groups excluding tert-OH is 1. The van der Waals surface area contributed by atoms with E-state index in [1.165, 1.54) is 12.5 Å². The van der Waals surface area contributed by atoms with E-state index in [2.05, 4.69) is 10.2 Å². The summed E-state index contributed by atoms with van der Waals surface area (Å²) in [5.41, 5.74) is 2.14. The van der Waals surface area contributed by atoms with Crippen molar-refractivity contribution in [2.75, 3.05) is 26.7 Å². The molecule has 0 saturated heterocycles. The molecule has 1 aromatic rings. The van der Waals surface area contributed by atoms with Crippen molar-refractivity contribution in [3.63, 3.8) is 0 Å². The molecule has 0 aliphatic heterocycles. The van der Waals surface area contributed by atoms with E-state index in [9.17, 15) is 9.90 Å². The Labute approximate surface area is 115 Å². The highest BCUT2D eigenvalue weighted by molar-refractivity contribution is 5.72. The minimum Gasteiger partial charge on any atom is -0.387 e. The smallest absolute Gasteiger partial charge is 0.216 e. The molecule has 0 fully saturated rings. The molecular formula is C15H24N2O2. The van der Waals surface area contributed by atoms with Gasteiger partial charge in [0.2, 0.25) is 5.91 Å². The highest BCUT2D eigenvalue weighted by Crippen LogP contribution is 2.14. The minimum absolute atomic E-state index is 0.00217. The van der Waals surface area contributed by atoms with E-state index in [0.29, 0.717) is 13.1 Å². The van der Waals surface area contributed by atoms with E-state index in [-0.39, 0.29) is 5.91 Å². The number of hydrogen-bond acceptors (Lipinski definition) is 3. The molecule has 1 atom stereocenters. The maximum atomic E-state index is 10.7. The first-order chi connectivity index (χ1) is 8.99. The van der Waals surface area contributed by atoms with Crippen LogP contribution in [0.2, 0.25) is 0 Å². The lowest BCUT2D eigenvalue weighted by Crippen LogP contribution is -2.29. The predicted octanol–water partition coefficient (Wildman–Crippen LogP) is 1.49. The normalized spacial score (nSPS) is 12.5. The van der Waals surface area contributed by atoms with Gasteiger partial charge in [-0.15, -0.1) is 0 Å². The van der Waals surface area contributed by atoms with Gasteiger partial charge in [0.1, 0.15) is 0 Å².